The van der Waals surface area contributed by atoms with Crippen molar-refractivity contribution in [2.75, 3.05) is 19.7 Å². The fourth-order valence-corrected chi connectivity index (χ4v) is 5.15. The Bertz CT molecular complexity index is 651. The van der Waals surface area contributed by atoms with Gasteiger partial charge in [-0.25, -0.2) is 8.42 Å². The van der Waals surface area contributed by atoms with Gasteiger partial charge >= 0.3 is 0 Å². The molecule has 0 saturated carbocycles. The van der Waals surface area contributed by atoms with Gasteiger partial charge in [0.15, 0.2) is 0 Å². The molecule has 0 unspecified atom stereocenters. The first-order valence-electron chi connectivity index (χ1n) is 7.90. The van der Waals surface area contributed by atoms with Crippen LogP contribution in [0.2, 0.25) is 0 Å². The van der Waals surface area contributed by atoms with E-state index in [0.29, 0.717) is 24.6 Å². The number of hydrogen-bond donors (Lipinski definition) is 0. The predicted molar refractivity (Wildman–Crippen MR) is 88.9 cm³/mol. The second-order valence-electron chi connectivity index (χ2n) is 6.22. The van der Waals surface area contributed by atoms with Gasteiger partial charge in [-0.15, -0.1) is 0 Å². The van der Waals surface area contributed by atoms with Crippen LogP contribution in [0.5, 0.6) is 0 Å². The van der Waals surface area contributed by atoms with Crippen molar-refractivity contribution in [1.82, 2.24) is 4.31 Å². The number of benzene rings is 1. The Kier molecular flexibility index (Phi) is 5.00. The Morgan fingerprint density at radius 3 is 2.00 bits per heavy atom. The third kappa shape index (κ3) is 2.82. The molecule has 0 aromatic heterocycles. The highest BCUT2D eigenvalue weighted by Gasteiger charge is 2.33. The van der Waals surface area contributed by atoms with Crippen molar-refractivity contribution in [3.63, 3.8) is 0 Å². The molecule has 0 spiro atoms. The second kappa shape index (κ2) is 6.30. The van der Waals surface area contributed by atoms with E-state index in [-0.39, 0.29) is 6.10 Å². The average Bonchev–Trinajstić information content (AvgIpc) is 2.51. The van der Waals surface area contributed by atoms with Crippen LogP contribution < -0.4 is 0 Å². The van der Waals surface area contributed by atoms with Crippen molar-refractivity contribution in [3.8, 4) is 0 Å². The number of hydrogen-bond acceptors (Lipinski definition) is 3. The summed E-state index contributed by atoms with van der Waals surface area (Å²) in [4.78, 5) is 0.491. The van der Waals surface area contributed by atoms with Crippen LogP contribution in [0, 0.1) is 34.6 Å². The summed E-state index contributed by atoms with van der Waals surface area (Å²) in [5.41, 5.74) is 5.08. The lowest BCUT2D eigenvalue weighted by atomic mass is 9.95. The summed E-state index contributed by atoms with van der Waals surface area (Å²) < 4.78 is 33.6. The lowest BCUT2D eigenvalue weighted by Gasteiger charge is -2.33. The Morgan fingerprint density at radius 2 is 1.50 bits per heavy atom. The van der Waals surface area contributed by atoms with Crippen LogP contribution in [0.4, 0.5) is 0 Å². The molecule has 22 heavy (non-hydrogen) atoms. The van der Waals surface area contributed by atoms with Gasteiger partial charge in [-0.1, -0.05) is 6.92 Å². The molecule has 1 aliphatic rings. The first-order valence-corrected chi connectivity index (χ1v) is 9.34. The molecule has 1 fully saturated rings. The van der Waals surface area contributed by atoms with E-state index >= 15 is 0 Å². The topological polar surface area (TPSA) is 46.6 Å². The van der Waals surface area contributed by atoms with Gasteiger partial charge in [-0.3, -0.25) is 0 Å². The van der Waals surface area contributed by atoms with Crippen molar-refractivity contribution >= 4 is 10.0 Å². The highest BCUT2D eigenvalue weighted by Crippen LogP contribution is 2.32. The van der Waals surface area contributed by atoms with Crippen molar-refractivity contribution < 1.29 is 13.2 Å². The van der Waals surface area contributed by atoms with Gasteiger partial charge in [-0.05, 0) is 68.9 Å². The molecular formula is C17H27NO3S. The fraction of sp³-hybridized carbons (Fsp3) is 0.647. The molecule has 0 aliphatic carbocycles. The van der Waals surface area contributed by atoms with Crippen LogP contribution in [0.3, 0.4) is 0 Å². The van der Waals surface area contributed by atoms with Crippen LogP contribution in [-0.4, -0.2) is 38.5 Å². The summed E-state index contributed by atoms with van der Waals surface area (Å²) in [6.07, 6.45) is 0.826. The Labute approximate surface area is 134 Å². The summed E-state index contributed by atoms with van der Waals surface area (Å²) in [5, 5.41) is 0. The van der Waals surface area contributed by atoms with Crippen molar-refractivity contribution in [2.45, 2.75) is 59.0 Å². The van der Waals surface area contributed by atoms with Gasteiger partial charge in [0.1, 0.15) is 0 Å². The minimum Gasteiger partial charge on any atom is -0.375 e. The van der Waals surface area contributed by atoms with E-state index in [0.717, 1.165) is 28.7 Å². The first kappa shape index (κ1) is 17.4. The maximum atomic E-state index is 13.2. The largest absolute Gasteiger partial charge is 0.375 e. The Morgan fingerprint density at radius 1 is 1.00 bits per heavy atom. The molecule has 1 saturated heterocycles. The third-order valence-corrected chi connectivity index (χ3v) is 7.23. The van der Waals surface area contributed by atoms with Crippen LogP contribution in [0.25, 0.3) is 0 Å². The van der Waals surface area contributed by atoms with E-state index in [1.807, 2.05) is 34.6 Å². The van der Waals surface area contributed by atoms with E-state index in [1.165, 1.54) is 5.56 Å². The molecule has 1 aliphatic heterocycles. The van der Waals surface area contributed by atoms with E-state index in [4.69, 9.17) is 4.74 Å². The molecule has 1 aromatic rings. The highest BCUT2D eigenvalue weighted by atomic mass is 32.2. The molecule has 2 rings (SSSR count). The Balaban J connectivity index is 2.55. The number of sulfonamides is 1. The third-order valence-electron chi connectivity index (χ3n) is 5.09. The number of nitrogens with zero attached hydrogens (tertiary/aromatic N) is 1. The molecule has 4 nitrogen and oxygen atoms in total. The van der Waals surface area contributed by atoms with E-state index in [1.54, 1.807) is 4.31 Å². The molecular weight excluding hydrogens is 298 g/mol. The normalized spacial score (nSPS) is 20.4. The molecule has 0 radical (unpaired) electrons. The lowest BCUT2D eigenvalue weighted by Crippen LogP contribution is -2.45. The van der Waals surface area contributed by atoms with Crippen LogP contribution >= 0.6 is 0 Å². The van der Waals surface area contributed by atoms with Crippen molar-refractivity contribution in [1.29, 1.82) is 0 Å². The summed E-state index contributed by atoms with van der Waals surface area (Å²) in [6.45, 7) is 13.3. The molecule has 5 heteroatoms. The summed E-state index contributed by atoms with van der Waals surface area (Å²) in [5.74, 6) is 0. The van der Waals surface area contributed by atoms with Crippen molar-refractivity contribution in [3.05, 3.63) is 27.8 Å². The molecule has 124 valence electrons. The number of morpholine rings is 1. The molecule has 0 bridgehead atoms. The molecule has 1 aromatic carbocycles. The minimum absolute atomic E-state index is 0.00298. The predicted octanol–water partition coefficient (Wildman–Crippen LogP) is 3.03. The molecule has 1 atom stereocenters. The van der Waals surface area contributed by atoms with E-state index < -0.39 is 10.0 Å². The van der Waals surface area contributed by atoms with Gasteiger partial charge in [0, 0.05) is 13.1 Å². The minimum atomic E-state index is -3.47. The van der Waals surface area contributed by atoms with Crippen molar-refractivity contribution in [2.24, 2.45) is 0 Å². The van der Waals surface area contributed by atoms with Crippen LogP contribution in [0.15, 0.2) is 4.90 Å². The first-order chi connectivity index (χ1) is 10.2. The lowest BCUT2D eigenvalue weighted by molar-refractivity contribution is -0.00280. The van der Waals surface area contributed by atoms with Gasteiger partial charge < -0.3 is 4.74 Å². The number of rotatable bonds is 3. The highest BCUT2D eigenvalue weighted by molar-refractivity contribution is 7.89. The zero-order valence-corrected chi connectivity index (χ0v) is 15.3. The van der Waals surface area contributed by atoms with E-state index in [2.05, 4.69) is 6.92 Å². The zero-order valence-electron chi connectivity index (χ0n) is 14.5. The van der Waals surface area contributed by atoms with Gasteiger partial charge in [0.05, 0.1) is 17.6 Å². The SMILES string of the molecule is CC[C@H]1CN(S(=O)(=O)c2c(C)c(C)c(C)c(C)c2C)CCO1. The maximum Gasteiger partial charge on any atom is 0.243 e. The average molecular weight is 325 g/mol. The Hall–Kier alpha value is -0.910. The summed E-state index contributed by atoms with van der Waals surface area (Å²) in [7, 11) is -3.47. The van der Waals surface area contributed by atoms with Gasteiger partial charge in [0.2, 0.25) is 10.0 Å². The van der Waals surface area contributed by atoms with Gasteiger partial charge in [-0.2, -0.15) is 4.31 Å². The summed E-state index contributed by atoms with van der Waals surface area (Å²) in [6, 6.07) is 0. The standard InChI is InChI=1S/C17H27NO3S/c1-7-16-10-18(8-9-21-16)22(19,20)17-14(5)12(3)11(2)13(4)15(17)6/h16H,7-10H2,1-6H3/t16-/m0/s1. The van der Waals surface area contributed by atoms with Crippen LogP contribution in [-0.2, 0) is 14.8 Å². The maximum absolute atomic E-state index is 13.2. The zero-order chi connectivity index (χ0) is 16.7. The number of ether oxygens (including phenoxy) is 1. The summed E-state index contributed by atoms with van der Waals surface area (Å²) >= 11 is 0. The molecule has 0 N–H and O–H groups in total. The molecule has 0 amide bonds. The van der Waals surface area contributed by atoms with Crippen LogP contribution in [0.1, 0.15) is 41.2 Å². The monoisotopic (exact) mass is 325 g/mol. The smallest absolute Gasteiger partial charge is 0.243 e. The van der Waals surface area contributed by atoms with Gasteiger partial charge in [0.25, 0.3) is 0 Å². The quantitative estimate of drug-likeness (QED) is 0.858. The fourth-order valence-electron chi connectivity index (χ4n) is 3.14. The molecule has 1 heterocycles. The van der Waals surface area contributed by atoms with E-state index in [9.17, 15) is 8.42 Å². The second-order valence-corrected chi connectivity index (χ2v) is 8.09.